The number of fused-ring (bicyclic) bond motifs is 1. The van der Waals surface area contributed by atoms with Crippen LogP contribution in [0.5, 0.6) is 0 Å². The second-order valence-electron chi connectivity index (χ2n) is 9.96. The molecule has 4 aromatic carbocycles. The molecule has 2 N–H and O–H groups in total. The van der Waals surface area contributed by atoms with Gasteiger partial charge in [-0.15, -0.1) is 0 Å². The summed E-state index contributed by atoms with van der Waals surface area (Å²) >= 11 is 13.2. The fourth-order valence-electron chi connectivity index (χ4n) is 5.52. The lowest BCUT2D eigenvalue weighted by atomic mass is 9.82. The highest BCUT2D eigenvalue weighted by Gasteiger charge is 2.35. The van der Waals surface area contributed by atoms with Gasteiger partial charge < -0.3 is 5.73 Å². The molecular weight excluding hydrogens is 525 g/mol. The predicted molar refractivity (Wildman–Crippen MR) is 160 cm³/mol. The van der Waals surface area contributed by atoms with Crippen LogP contribution in [0, 0.1) is 0 Å². The van der Waals surface area contributed by atoms with E-state index in [2.05, 4.69) is 30.3 Å². The van der Waals surface area contributed by atoms with Crippen molar-refractivity contribution in [3.63, 3.8) is 0 Å². The SMILES string of the molecule is Nc1ccc(-c2ccc(-c3ccc(C4=C(Cl)C(=O)C(c5cccc6c5CCCC6)=C(Cl)C4=O)cc3)cc2)cc1. The van der Waals surface area contributed by atoms with E-state index < -0.39 is 11.6 Å². The number of allylic oxidation sites excluding steroid dienone is 4. The van der Waals surface area contributed by atoms with E-state index in [1.807, 2.05) is 60.7 Å². The van der Waals surface area contributed by atoms with Crippen molar-refractivity contribution in [1.82, 2.24) is 0 Å². The average molecular weight is 550 g/mol. The van der Waals surface area contributed by atoms with Crippen molar-refractivity contribution >= 4 is 51.6 Å². The number of aryl methyl sites for hydroxylation is 1. The lowest BCUT2D eigenvalue weighted by molar-refractivity contribution is -0.113. The number of ketones is 2. The number of hydrogen-bond donors (Lipinski definition) is 1. The van der Waals surface area contributed by atoms with Gasteiger partial charge in [0.1, 0.15) is 10.1 Å². The van der Waals surface area contributed by atoms with Crippen LogP contribution in [0.3, 0.4) is 0 Å². The van der Waals surface area contributed by atoms with Crippen molar-refractivity contribution in [3.05, 3.63) is 123 Å². The Bertz CT molecular complexity index is 1680. The molecule has 39 heavy (non-hydrogen) atoms. The summed E-state index contributed by atoms with van der Waals surface area (Å²) in [6, 6.07) is 29.3. The van der Waals surface area contributed by atoms with Crippen LogP contribution in [0.15, 0.2) is 101 Å². The van der Waals surface area contributed by atoms with Gasteiger partial charge in [0.25, 0.3) is 0 Å². The van der Waals surface area contributed by atoms with Crippen molar-refractivity contribution in [2.24, 2.45) is 0 Å². The Morgan fingerprint density at radius 3 is 1.59 bits per heavy atom. The summed E-state index contributed by atoms with van der Waals surface area (Å²) in [5.74, 6) is -0.831. The maximum atomic E-state index is 13.5. The Labute approximate surface area is 237 Å². The standard InChI is InChI=1S/C34H25Cl2NO2/c35-31-29(33(38)32(36)30(34(31)39)28-7-3-5-24-4-1-2-6-27(24)28)25-14-12-22(13-15-25)20-8-10-21(11-9-20)23-16-18-26(37)19-17-23/h3,5,7-19H,1-2,4,6,37H2. The van der Waals surface area contributed by atoms with Crippen molar-refractivity contribution < 1.29 is 9.59 Å². The highest BCUT2D eigenvalue weighted by molar-refractivity contribution is 6.68. The summed E-state index contributed by atoms with van der Waals surface area (Å²) < 4.78 is 0. The third kappa shape index (κ3) is 4.63. The number of hydrogen-bond acceptors (Lipinski definition) is 3. The maximum absolute atomic E-state index is 13.5. The molecule has 0 atom stereocenters. The quantitative estimate of drug-likeness (QED) is 0.206. The molecule has 6 rings (SSSR count). The van der Waals surface area contributed by atoms with Gasteiger partial charge >= 0.3 is 0 Å². The third-order valence-corrected chi connectivity index (χ3v) is 8.31. The molecule has 0 saturated carbocycles. The molecule has 2 aliphatic carbocycles. The van der Waals surface area contributed by atoms with Crippen LogP contribution in [0.1, 0.15) is 35.1 Å². The van der Waals surface area contributed by atoms with Gasteiger partial charge in [0.2, 0.25) is 11.6 Å². The molecule has 5 heteroatoms. The zero-order valence-corrected chi connectivity index (χ0v) is 22.7. The highest BCUT2D eigenvalue weighted by Crippen LogP contribution is 2.41. The van der Waals surface area contributed by atoms with Crippen LogP contribution in [-0.2, 0) is 22.4 Å². The predicted octanol–water partition coefficient (Wildman–Crippen LogP) is 8.23. The molecule has 4 aromatic rings. The van der Waals surface area contributed by atoms with E-state index in [-0.39, 0.29) is 21.2 Å². The lowest BCUT2D eigenvalue weighted by Crippen LogP contribution is -2.20. The van der Waals surface area contributed by atoms with Crippen molar-refractivity contribution in [3.8, 4) is 22.3 Å². The second kappa shape index (κ2) is 10.3. The van der Waals surface area contributed by atoms with Gasteiger partial charge in [0.05, 0.1) is 11.1 Å². The number of anilines is 1. The number of carbonyl (C=O) groups is 2. The van der Waals surface area contributed by atoms with E-state index in [4.69, 9.17) is 28.9 Å². The van der Waals surface area contributed by atoms with Crippen LogP contribution < -0.4 is 5.73 Å². The first-order valence-corrected chi connectivity index (χ1v) is 13.7. The molecule has 0 spiro atoms. The molecule has 0 fully saturated rings. The average Bonchev–Trinajstić information content (AvgIpc) is 2.97. The third-order valence-electron chi connectivity index (χ3n) is 7.59. The van der Waals surface area contributed by atoms with Crippen LogP contribution in [0.2, 0.25) is 0 Å². The van der Waals surface area contributed by atoms with Gasteiger partial charge in [-0.25, -0.2) is 0 Å². The summed E-state index contributed by atoms with van der Waals surface area (Å²) in [5, 5.41) is -0.158. The molecule has 0 radical (unpaired) electrons. The number of halogens is 2. The summed E-state index contributed by atoms with van der Waals surface area (Å²) in [7, 11) is 0. The Morgan fingerprint density at radius 2 is 1.00 bits per heavy atom. The van der Waals surface area contributed by atoms with Gasteiger partial charge in [-0.2, -0.15) is 0 Å². The number of Topliss-reactive ketones (excluding diaryl/α,β-unsaturated/α-hetero) is 2. The number of nitrogens with two attached hydrogens (primary N) is 1. The molecule has 3 nitrogen and oxygen atoms in total. The summed E-state index contributed by atoms with van der Waals surface area (Å²) in [6.07, 6.45) is 3.98. The molecule has 0 bridgehead atoms. The Morgan fingerprint density at radius 1 is 0.538 bits per heavy atom. The smallest absolute Gasteiger partial charge is 0.207 e. The molecule has 0 aliphatic heterocycles. The van der Waals surface area contributed by atoms with E-state index in [1.165, 1.54) is 5.56 Å². The first kappa shape index (κ1) is 25.4. The topological polar surface area (TPSA) is 60.2 Å². The van der Waals surface area contributed by atoms with Crippen molar-refractivity contribution in [2.45, 2.75) is 25.7 Å². The largest absolute Gasteiger partial charge is 0.399 e. The molecule has 0 aromatic heterocycles. The minimum atomic E-state index is -0.426. The van der Waals surface area contributed by atoms with Gasteiger partial charge in [0, 0.05) is 5.69 Å². The van der Waals surface area contributed by atoms with Crippen LogP contribution in [0.4, 0.5) is 5.69 Å². The van der Waals surface area contributed by atoms with E-state index in [1.54, 1.807) is 0 Å². The van der Waals surface area contributed by atoms with E-state index in [0.717, 1.165) is 64.8 Å². The second-order valence-corrected chi connectivity index (χ2v) is 10.7. The van der Waals surface area contributed by atoms with E-state index in [0.29, 0.717) is 5.56 Å². The first-order chi connectivity index (χ1) is 18.9. The maximum Gasteiger partial charge on any atom is 0.207 e. The number of carbonyl (C=O) groups excluding carboxylic acids is 2. The molecule has 2 aliphatic rings. The molecular formula is C34H25Cl2NO2. The summed E-state index contributed by atoms with van der Waals surface area (Å²) in [5.41, 5.74) is 14.7. The number of rotatable bonds is 4. The Kier molecular flexibility index (Phi) is 6.72. The van der Waals surface area contributed by atoms with Crippen molar-refractivity contribution in [2.75, 3.05) is 5.73 Å². The molecule has 0 unspecified atom stereocenters. The van der Waals surface area contributed by atoms with Gasteiger partial charge in [-0.1, -0.05) is 102 Å². The van der Waals surface area contributed by atoms with Crippen LogP contribution >= 0.6 is 23.2 Å². The van der Waals surface area contributed by atoms with Gasteiger partial charge in [0.15, 0.2) is 0 Å². The molecule has 0 heterocycles. The van der Waals surface area contributed by atoms with Crippen molar-refractivity contribution in [1.29, 1.82) is 0 Å². The highest BCUT2D eigenvalue weighted by atomic mass is 35.5. The van der Waals surface area contributed by atoms with E-state index in [9.17, 15) is 9.59 Å². The minimum absolute atomic E-state index is 0.0688. The van der Waals surface area contributed by atoms with Crippen LogP contribution in [0.25, 0.3) is 33.4 Å². The molecule has 192 valence electrons. The summed E-state index contributed by atoms with van der Waals surface area (Å²) in [4.78, 5) is 27.0. The van der Waals surface area contributed by atoms with Crippen LogP contribution in [-0.4, -0.2) is 11.6 Å². The molecule has 0 saturated heterocycles. The van der Waals surface area contributed by atoms with E-state index >= 15 is 0 Å². The Balaban J connectivity index is 1.29. The number of benzene rings is 4. The fourth-order valence-corrected chi connectivity index (χ4v) is 6.09. The van der Waals surface area contributed by atoms with Gasteiger partial charge in [-0.05, 0) is 82.3 Å². The number of nitrogen functional groups attached to an aromatic ring is 1. The normalized spacial score (nSPS) is 15.5. The zero-order chi connectivity index (χ0) is 27.1. The fraction of sp³-hybridized carbons (Fsp3) is 0.118. The molecule has 0 amide bonds. The first-order valence-electron chi connectivity index (χ1n) is 13.0. The summed E-state index contributed by atoms with van der Waals surface area (Å²) in [6.45, 7) is 0. The lowest BCUT2D eigenvalue weighted by Gasteiger charge is -2.23. The Hall–Kier alpha value is -3.92. The zero-order valence-electron chi connectivity index (χ0n) is 21.1. The van der Waals surface area contributed by atoms with Gasteiger partial charge in [-0.3, -0.25) is 9.59 Å². The monoisotopic (exact) mass is 549 g/mol. The minimum Gasteiger partial charge on any atom is -0.399 e.